The third kappa shape index (κ3) is 5.91. The molecule has 1 aromatic heterocycles. The zero-order chi connectivity index (χ0) is 23.4. The largest absolute Gasteiger partial charge is 0.416 e. The summed E-state index contributed by atoms with van der Waals surface area (Å²) >= 11 is 0. The highest BCUT2D eigenvalue weighted by Gasteiger charge is 2.33. The third-order valence-corrected chi connectivity index (χ3v) is 5.83. The van der Waals surface area contributed by atoms with Gasteiger partial charge in [0.25, 0.3) is 0 Å². The molecule has 0 bridgehead atoms. The van der Waals surface area contributed by atoms with Crippen LogP contribution < -0.4 is 16.0 Å². The van der Waals surface area contributed by atoms with Gasteiger partial charge in [0.2, 0.25) is 5.95 Å². The molecule has 1 aliphatic carbocycles. The number of nitrogens with one attached hydrogen (secondary N) is 3. The van der Waals surface area contributed by atoms with Gasteiger partial charge in [0, 0.05) is 23.1 Å². The van der Waals surface area contributed by atoms with E-state index >= 15 is 0 Å². The van der Waals surface area contributed by atoms with Crippen LogP contribution in [0, 0.1) is 13.8 Å². The van der Waals surface area contributed by atoms with Gasteiger partial charge in [-0.1, -0.05) is 18.2 Å². The van der Waals surface area contributed by atoms with E-state index in [1.54, 1.807) is 19.2 Å². The monoisotopic (exact) mass is 459 g/mol. The van der Waals surface area contributed by atoms with E-state index in [9.17, 15) is 13.2 Å². The van der Waals surface area contributed by atoms with Crippen molar-refractivity contribution in [1.82, 2.24) is 15.3 Å². The van der Waals surface area contributed by atoms with Crippen LogP contribution in [0.25, 0.3) is 0 Å². The molecule has 0 amide bonds. The summed E-state index contributed by atoms with van der Waals surface area (Å²) in [5.74, 6) is 0.809. The molecule has 3 N–H and O–H groups in total. The number of hydrogen-bond donors (Lipinski definition) is 3. The Bertz CT molecular complexity index is 1040. The molecule has 0 saturated carbocycles. The molecule has 0 radical (unpaired) electrons. The summed E-state index contributed by atoms with van der Waals surface area (Å²) in [6.45, 7) is 5.23. The van der Waals surface area contributed by atoms with Crippen molar-refractivity contribution in [1.29, 1.82) is 0 Å². The van der Waals surface area contributed by atoms with Gasteiger partial charge in [-0.05, 0) is 70.0 Å². The van der Waals surface area contributed by atoms with Gasteiger partial charge in [0.1, 0.15) is 5.82 Å². The number of nitrogens with zero attached hydrogens (tertiary/aromatic N) is 2. The number of rotatable bonds is 6. The molecule has 9 heteroatoms. The summed E-state index contributed by atoms with van der Waals surface area (Å²) in [5.41, 5.74) is 1.38. The van der Waals surface area contributed by atoms with Gasteiger partial charge >= 0.3 is 6.18 Å². The summed E-state index contributed by atoms with van der Waals surface area (Å²) in [6.07, 6.45) is 6.39. The molecule has 33 heavy (non-hydrogen) atoms. The first-order valence-electron chi connectivity index (χ1n) is 11.1. The number of ether oxygens (including phenoxy) is 1. The predicted molar refractivity (Wildman–Crippen MR) is 122 cm³/mol. The summed E-state index contributed by atoms with van der Waals surface area (Å²) in [5, 5.41) is 9.54. The Morgan fingerprint density at radius 3 is 2.61 bits per heavy atom. The normalized spacial score (nSPS) is 19.3. The van der Waals surface area contributed by atoms with Gasteiger partial charge < -0.3 is 20.7 Å². The Morgan fingerprint density at radius 1 is 1.12 bits per heavy atom. The van der Waals surface area contributed by atoms with E-state index in [2.05, 4.69) is 25.9 Å². The Kier molecular flexibility index (Phi) is 6.99. The van der Waals surface area contributed by atoms with Crippen LogP contribution in [0.2, 0.25) is 0 Å². The molecule has 1 aromatic carbocycles. The van der Waals surface area contributed by atoms with Crippen LogP contribution >= 0.6 is 0 Å². The van der Waals surface area contributed by atoms with E-state index in [1.807, 2.05) is 18.2 Å². The molecular weight excluding hydrogens is 431 g/mol. The minimum absolute atomic E-state index is 0.0544. The van der Waals surface area contributed by atoms with Crippen LogP contribution in [0.1, 0.15) is 36.0 Å². The van der Waals surface area contributed by atoms with E-state index in [0.717, 1.165) is 49.7 Å². The lowest BCUT2D eigenvalue weighted by Crippen LogP contribution is -2.34. The second kappa shape index (κ2) is 9.93. The van der Waals surface area contributed by atoms with Gasteiger partial charge in [-0.25, -0.2) is 4.98 Å². The standard InChI is InChI=1S/C24H28F3N5O/c1-15-14-29-23(30-17-6-8-18(9-7-17)33-19-10-12-28-13-11-19)32-22(15)31-21-5-3-4-20(16(21)2)24(25,26)27/h3-8,14,18-19,28H,9-13H2,1-2H3,(H2,29,30,31,32). The molecule has 1 saturated heterocycles. The number of piperidine rings is 1. The molecule has 2 aromatic rings. The number of aryl methyl sites for hydroxylation is 1. The quantitative estimate of drug-likeness (QED) is 0.548. The van der Waals surface area contributed by atoms with Crippen LogP contribution in [-0.2, 0) is 10.9 Å². The summed E-state index contributed by atoms with van der Waals surface area (Å²) in [4.78, 5) is 8.79. The second-order valence-corrected chi connectivity index (χ2v) is 8.33. The summed E-state index contributed by atoms with van der Waals surface area (Å²) in [7, 11) is 0. The van der Waals surface area contributed by atoms with Crippen LogP contribution in [0.15, 0.2) is 48.3 Å². The zero-order valence-electron chi connectivity index (χ0n) is 18.7. The van der Waals surface area contributed by atoms with Crippen molar-refractivity contribution in [2.24, 2.45) is 0 Å². The Morgan fingerprint density at radius 2 is 1.91 bits per heavy atom. The fraction of sp³-hybridized carbons (Fsp3) is 0.417. The van der Waals surface area contributed by atoms with Gasteiger partial charge in [-0.3, -0.25) is 0 Å². The maximum Gasteiger partial charge on any atom is 0.416 e. The first kappa shape index (κ1) is 23.3. The van der Waals surface area contributed by atoms with Crippen molar-refractivity contribution in [3.8, 4) is 0 Å². The zero-order valence-corrected chi connectivity index (χ0v) is 18.7. The molecule has 0 spiro atoms. The SMILES string of the molecule is Cc1cnc(NC2=CCC(OC3CCNCC3)C=C2)nc1Nc1cccc(C(F)(F)F)c1C. The first-order chi connectivity index (χ1) is 15.8. The number of alkyl halides is 3. The van der Waals surface area contributed by atoms with Gasteiger partial charge in [0.05, 0.1) is 17.8 Å². The Labute approximate surface area is 191 Å². The van der Waals surface area contributed by atoms with Crippen LogP contribution in [0.5, 0.6) is 0 Å². The predicted octanol–water partition coefficient (Wildman–Crippen LogP) is 5.25. The smallest absolute Gasteiger partial charge is 0.370 e. The fourth-order valence-electron chi connectivity index (χ4n) is 3.94. The molecule has 1 fully saturated rings. The lowest BCUT2D eigenvalue weighted by atomic mass is 10.1. The van der Waals surface area contributed by atoms with Gasteiger partial charge in [-0.2, -0.15) is 18.2 Å². The minimum Gasteiger partial charge on any atom is -0.370 e. The first-order valence-corrected chi connectivity index (χ1v) is 11.1. The maximum atomic E-state index is 13.2. The van der Waals surface area contributed by atoms with Gasteiger partial charge in [-0.15, -0.1) is 0 Å². The van der Waals surface area contributed by atoms with Crippen molar-refractivity contribution in [2.75, 3.05) is 23.7 Å². The topological polar surface area (TPSA) is 71.1 Å². The van der Waals surface area contributed by atoms with Crippen molar-refractivity contribution < 1.29 is 17.9 Å². The van der Waals surface area contributed by atoms with Crippen LogP contribution in [-0.4, -0.2) is 35.3 Å². The van der Waals surface area contributed by atoms with E-state index in [1.165, 1.54) is 13.0 Å². The number of aromatic nitrogens is 2. The number of anilines is 3. The maximum absolute atomic E-state index is 13.2. The molecule has 4 rings (SSSR count). The average molecular weight is 460 g/mol. The highest BCUT2D eigenvalue weighted by Crippen LogP contribution is 2.35. The van der Waals surface area contributed by atoms with Crippen molar-refractivity contribution in [3.63, 3.8) is 0 Å². The minimum atomic E-state index is -4.41. The average Bonchev–Trinajstić information content (AvgIpc) is 2.78. The summed E-state index contributed by atoms with van der Waals surface area (Å²) in [6, 6.07) is 4.06. The molecule has 1 aliphatic heterocycles. The molecule has 1 atom stereocenters. The van der Waals surface area contributed by atoms with E-state index < -0.39 is 11.7 Å². The number of halogens is 3. The van der Waals surface area contributed by atoms with Crippen LogP contribution in [0.4, 0.5) is 30.6 Å². The lowest BCUT2D eigenvalue weighted by molar-refractivity contribution is -0.138. The molecule has 2 heterocycles. The van der Waals surface area contributed by atoms with Gasteiger partial charge in [0.15, 0.2) is 0 Å². The second-order valence-electron chi connectivity index (χ2n) is 8.33. The molecule has 6 nitrogen and oxygen atoms in total. The molecule has 2 aliphatic rings. The Hall–Kier alpha value is -2.91. The highest BCUT2D eigenvalue weighted by atomic mass is 19.4. The Balaban J connectivity index is 1.42. The van der Waals surface area contributed by atoms with Crippen molar-refractivity contribution in [2.45, 2.75) is 51.5 Å². The van der Waals surface area contributed by atoms with E-state index in [4.69, 9.17) is 4.74 Å². The lowest BCUT2D eigenvalue weighted by Gasteiger charge is -2.27. The molecular formula is C24H28F3N5O. The van der Waals surface area contributed by atoms with Crippen molar-refractivity contribution in [3.05, 3.63) is 65.0 Å². The van der Waals surface area contributed by atoms with Crippen LogP contribution in [0.3, 0.4) is 0 Å². The van der Waals surface area contributed by atoms with E-state index in [0.29, 0.717) is 17.5 Å². The third-order valence-electron chi connectivity index (χ3n) is 5.83. The number of benzene rings is 1. The van der Waals surface area contributed by atoms with E-state index in [-0.39, 0.29) is 17.8 Å². The van der Waals surface area contributed by atoms with Crippen molar-refractivity contribution >= 4 is 17.5 Å². The molecule has 176 valence electrons. The number of allylic oxidation sites excluding steroid dienone is 1. The highest BCUT2D eigenvalue weighted by molar-refractivity contribution is 5.65. The number of hydrogen-bond acceptors (Lipinski definition) is 6. The fourth-order valence-corrected chi connectivity index (χ4v) is 3.94. The summed E-state index contributed by atoms with van der Waals surface area (Å²) < 4.78 is 45.9. The molecule has 1 unspecified atom stereocenters.